The smallest absolute Gasteiger partial charge is 0.247 e. The van der Waals surface area contributed by atoms with Crippen molar-refractivity contribution < 1.29 is 0 Å². The van der Waals surface area contributed by atoms with Gasteiger partial charge in [0.15, 0.2) is 0 Å². The second-order valence-corrected chi connectivity index (χ2v) is 4.53. The molecule has 2 rings (SSSR count). The normalized spacial score (nSPS) is 17.3. The Hall–Kier alpha value is -1.13. The first-order valence-electron chi connectivity index (χ1n) is 5.88. The van der Waals surface area contributed by atoms with Gasteiger partial charge in [0.05, 0.1) is 0 Å². The Morgan fingerprint density at radius 2 is 2.31 bits per heavy atom. The molecule has 1 aromatic heterocycles. The molecular formula is C12H19N3O. The van der Waals surface area contributed by atoms with Crippen LogP contribution < -0.4 is 16.2 Å². The van der Waals surface area contributed by atoms with E-state index in [1.807, 2.05) is 6.07 Å². The van der Waals surface area contributed by atoms with Crippen LogP contribution in [0.2, 0.25) is 0 Å². The number of rotatable bonds is 6. The highest BCUT2D eigenvalue weighted by Gasteiger charge is 2.20. The van der Waals surface area contributed by atoms with Crippen LogP contribution in [0.1, 0.15) is 25.3 Å². The lowest BCUT2D eigenvalue weighted by Gasteiger charge is -2.14. The zero-order valence-electron chi connectivity index (χ0n) is 9.62. The monoisotopic (exact) mass is 221 g/mol. The molecule has 1 saturated carbocycles. The minimum Gasteiger partial charge on any atom is -0.329 e. The molecule has 1 aliphatic carbocycles. The van der Waals surface area contributed by atoms with Crippen molar-refractivity contribution in [1.29, 1.82) is 0 Å². The molecule has 1 fully saturated rings. The van der Waals surface area contributed by atoms with Crippen molar-refractivity contribution >= 4 is 0 Å². The maximum atomic E-state index is 10.9. The Morgan fingerprint density at radius 3 is 2.94 bits per heavy atom. The number of H-pyrrole nitrogens is 1. The highest BCUT2D eigenvalue weighted by molar-refractivity contribution is 5.08. The quantitative estimate of drug-likeness (QED) is 0.659. The van der Waals surface area contributed by atoms with E-state index in [2.05, 4.69) is 22.5 Å². The van der Waals surface area contributed by atoms with Crippen LogP contribution in [0.15, 0.2) is 23.1 Å². The molecule has 4 nitrogen and oxygen atoms in total. The lowest BCUT2D eigenvalue weighted by Crippen LogP contribution is -2.36. The summed E-state index contributed by atoms with van der Waals surface area (Å²) in [5, 5.41) is 6.90. The molecule has 1 aliphatic rings. The van der Waals surface area contributed by atoms with E-state index >= 15 is 0 Å². The van der Waals surface area contributed by atoms with Crippen LogP contribution in [0.5, 0.6) is 0 Å². The Bertz CT molecular complexity index is 364. The van der Waals surface area contributed by atoms with Crippen molar-refractivity contribution in [2.45, 2.75) is 38.4 Å². The van der Waals surface area contributed by atoms with E-state index < -0.39 is 0 Å². The molecule has 1 unspecified atom stereocenters. The van der Waals surface area contributed by atoms with Crippen LogP contribution >= 0.6 is 0 Å². The van der Waals surface area contributed by atoms with E-state index in [4.69, 9.17) is 0 Å². The molecule has 88 valence electrons. The molecule has 0 aromatic carbocycles. The summed E-state index contributed by atoms with van der Waals surface area (Å²) in [5.74, 6) is 0. The number of hydrogen-bond acceptors (Lipinski definition) is 3. The van der Waals surface area contributed by atoms with E-state index in [1.54, 1.807) is 12.3 Å². The summed E-state index contributed by atoms with van der Waals surface area (Å²) in [4.78, 5) is 13.5. The van der Waals surface area contributed by atoms with E-state index in [1.165, 1.54) is 12.8 Å². The van der Waals surface area contributed by atoms with Crippen molar-refractivity contribution in [1.82, 2.24) is 15.6 Å². The van der Waals surface area contributed by atoms with Gasteiger partial charge in [-0.05, 0) is 25.3 Å². The fraction of sp³-hybridized carbons (Fsp3) is 0.583. The SMILES string of the molecule is CC(CNC1CC1)NCc1ccc(=O)[nH]c1. The molecule has 0 aliphatic heterocycles. The first-order chi connectivity index (χ1) is 7.74. The average Bonchev–Trinajstić information content (AvgIpc) is 3.09. The molecule has 0 radical (unpaired) electrons. The van der Waals surface area contributed by atoms with E-state index in [9.17, 15) is 4.79 Å². The maximum Gasteiger partial charge on any atom is 0.247 e. The van der Waals surface area contributed by atoms with Crippen LogP contribution in [0.4, 0.5) is 0 Å². The molecule has 3 N–H and O–H groups in total. The van der Waals surface area contributed by atoms with Gasteiger partial charge in [-0.25, -0.2) is 0 Å². The lowest BCUT2D eigenvalue weighted by molar-refractivity contribution is 0.499. The first-order valence-corrected chi connectivity index (χ1v) is 5.88. The molecular weight excluding hydrogens is 202 g/mol. The standard InChI is InChI=1S/C12H19N3O/c1-9(6-14-11-3-4-11)13-7-10-2-5-12(16)15-8-10/h2,5,8-9,11,13-14H,3-4,6-7H2,1H3,(H,15,16). The Morgan fingerprint density at radius 1 is 1.50 bits per heavy atom. The Kier molecular flexibility index (Phi) is 3.74. The third-order valence-corrected chi connectivity index (χ3v) is 2.79. The van der Waals surface area contributed by atoms with Gasteiger partial charge in [-0.2, -0.15) is 0 Å². The maximum absolute atomic E-state index is 10.9. The van der Waals surface area contributed by atoms with Crippen LogP contribution in [0, 0.1) is 0 Å². The van der Waals surface area contributed by atoms with Crippen LogP contribution in [-0.4, -0.2) is 23.6 Å². The van der Waals surface area contributed by atoms with Crippen molar-refractivity contribution in [3.8, 4) is 0 Å². The molecule has 0 spiro atoms. The van der Waals surface area contributed by atoms with Gasteiger partial charge in [-0.1, -0.05) is 6.07 Å². The zero-order chi connectivity index (χ0) is 11.4. The molecule has 0 amide bonds. The van der Waals surface area contributed by atoms with E-state index in [-0.39, 0.29) is 5.56 Å². The zero-order valence-corrected chi connectivity index (χ0v) is 9.62. The summed E-state index contributed by atoms with van der Waals surface area (Å²) < 4.78 is 0. The van der Waals surface area contributed by atoms with Gasteiger partial charge in [0, 0.05) is 37.4 Å². The Balaban J connectivity index is 1.68. The average molecular weight is 221 g/mol. The third-order valence-electron chi connectivity index (χ3n) is 2.79. The number of aromatic nitrogens is 1. The molecule has 0 saturated heterocycles. The van der Waals surface area contributed by atoms with Crippen molar-refractivity contribution in [3.05, 3.63) is 34.2 Å². The third kappa shape index (κ3) is 3.79. The van der Waals surface area contributed by atoms with Gasteiger partial charge < -0.3 is 15.6 Å². The van der Waals surface area contributed by atoms with E-state index in [0.29, 0.717) is 6.04 Å². The fourth-order valence-electron chi connectivity index (χ4n) is 1.55. The summed E-state index contributed by atoms with van der Waals surface area (Å²) in [6.07, 6.45) is 4.41. The van der Waals surface area contributed by atoms with Gasteiger partial charge in [0.2, 0.25) is 5.56 Å². The van der Waals surface area contributed by atoms with Crippen LogP contribution in [0.25, 0.3) is 0 Å². The van der Waals surface area contributed by atoms with Crippen molar-refractivity contribution in [3.63, 3.8) is 0 Å². The number of hydrogen-bond donors (Lipinski definition) is 3. The number of aromatic amines is 1. The minimum atomic E-state index is -0.0489. The topological polar surface area (TPSA) is 56.9 Å². The molecule has 1 atom stereocenters. The fourth-order valence-corrected chi connectivity index (χ4v) is 1.55. The lowest BCUT2D eigenvalue weighted by atomic mass is 10.2. The summed E-state index contributed by atoms with van der Waals surface area (Å²) in [6.45, 7) is 3.97. The van der Waals surface area contributed by atoms with Gasteiger partial charge >= 0.3 is 0 Å². The highest BCUT2D eigenvalue weighted by atomic mass is 16.1. The van der Waals surface area contributed by atoms with Gasteiger partial charge in [0.25, 0.3) is 0 Å². The van der Waals surface area contributed by atoms with E-state index in [0.717, 1.165) is 24.7 Å². The predicted molar refractivity (Wildman–Crippen MR) is 64.4 cm³/mol. The first kappa shape index (κ1) is 11.4. The largest absolute Gasteiger partial charge is 0.329 e. The summed E-state index contributed by atoms with van der Waals surface area (Å²) in [7, 11) is 0. The Labute approximate surface area is 95.5 Å². The summed E-state index contributed by atoms with van der Waals surface area (Å²) in [5.41, 5.74) is 1.06. The molecule has 4 heteroatoms. The molecule has 16 heavy (non-hydrogen) atoms. The molecule has 1 heterocycles. The second-order valence-electron chi connectivity index (χ2n) is 4.53. The summed E-state index contributed by atoms with van der Waals surface area (Å²) in [6, 6.07) is 4.63. The minimum absolute atomic E-state index is 0.0489. The molecule has 0 bridgehead atoms. The predicted octanol–water partition coefficient (Wildman–Crippen LogP) is 0.605. The molecule has 1 aromatic rings. The van der Waals surface area contributed by atoms with Gasteiger partial charge in [-0.3, -0.25) is 4.79 Å². The second kappa shape index (κ2) is 5.27. The van der Waals surface area contributed by atoms with Crippen LogP contribution in [-0.2, 0) is 6.54 Å². The summed E-state index contributed by atoms with van der Waals surface area (Å²) >= 11 is 0. The van der Waals surface area contributed by atoms with Crippen molar-refractivity contribution in [2.75, 3.05) is 6.54 Å². The van der Waals surface area contributed by atoms with Crippen molar-refractivity contribution in [2.24, 2.45) is 0 Å². The number of pyridine rings is 1. The highest BCUT2D eigenvalue weighted by Crippen LogP contribution is 2.18. The van der Waals surface area contributed by atoms with Gasteiger partial charge in [-0.15, -0.1) is 0 Å². The van der Waals surface area contributed by atoms with Crippen LogP contribution in [0.3, 0.4) is 0 Å². The number of nitrogens with one attached hydrogen (secondary N) is 3. The van der Waals surface area contributed by atoms with Gasteiger partial charge in [0.1, 0.15) is 0 Å².